The van der Waals surface area contributed by atoms with Crippen molar-refractivity contribution in [3.8, 4) is 0 Å². The number of benzene rings is 1. The van der Waals surface area contributed by atoms with E-state index in [4.69, 9.17) is 0 Å². The van der Waals surface area contributed by atoms with Crippen LogP contribution in [0.1, 0.15) is 12.5 Å². The second-order valence-corrected chi connectivity index (χ2v) is 5.95. The molecule has 2 nitrogen and oxygen atoms in total. The van der Waals surface area contributed by atoms with Gasteiger partial charge < -0.3 is 0 Å². The molecule has 1 aromatic carbocycles. The topological polar surface area (TPSA) is 34.1 Å². The average Bonchev–Trinajstić information content (AvgIpc) is 2.02. The van der Waals surface area contributed by atoms with Crippen LogP contribution in [0.25, 0.3) is 5.57 Å². The zero-order chi connectivity index (χ0) is 10.8. The normalized spacial score (nSPS) is 12.9. The lowest BCUT2D eigenvalue weighted by atomic mass is 10.1. The zero-order valence-corrected chi connectivity index (χ0v) is 10.4. The zero-order valence-electron chi connectivity index (χ0n) is 7.99. The van der Waals surface area contributed by atoms with Crippen LogP contribution in [0.3, 0.4) is 0 Å². The fourth-order valence-electron chi connectivity index (χ4n) is 1.10. The second-order valence-electron chi connectivity index (χ2n) is 3.14. The van der Waals surface area contributed by atoms with Gasteiger partial charge in [0.1, 0.15) is 0 Å². The molecule has 0 N–H and O–H groups in total. The summed E-state index contributed by atoms with van der Waals surface area (Å²) in [6.07, 6.45) is 1.19. The SMILES string of the molecule is C/C(=C\S(C)(=O)=O)c1ccc(Br)cc1. The fraction of sp³-hybridized carbons (Fsp3) is 0.200. The standard InChI is InChI=1S/C10H11BrO2S/c1-8(7-14(2,12)13)9-3-5-10(11)6-4-9/h3-7H,1-2H3/b8-7+. The smallest absolute Gasteiger partial charge is 0.169 e. The Morgan fingerprint density at radius 1 is 1.29 bits per heavy atom. The summed E-state index contributed by atoms with van der Waals surface area (Å²) in [6.45, 7) is 1.78. The van der Waals surface area contributed by atoms with Crippen LogP contribution in [0.2, 0.25) is 0 Å². The van der Waals surface area contributed by atoms with Crippen LogP contribution in [-0.4, -0.2) is 14.7 Å². The van der Waals surface area contributed by atoms with Gasteiger partial charge in [0.15, 0.2) is 9.84 Å². The minimum atomic E-state index is -3.06. The first kappa shape index (κ1) is 11.5. The predicted octanol–water partition coefficient (Wildman–Crippen LogP) is 2.85. The Labute approximate surface area is 92.7 Å². The molecule has 1 aromatic rings. The average molecular weight is 275 g/mol. The van der Waals surface area contributed by atoms with E-state index in [2.05, 4.69) is 15.9 Å². The minimum absolute atomic E-state index is 0.750. The van der Waals surface area contributed by atoms with Gasteiger partial charge in [-0.2, -0.15) is 0 Å². The summed E-state index contributed by atoms with van der Waals surface area (Å²) >= 11 is 3.32. The van der Waals surface area contributed by atoms with E-state index in [1.54, 1.807) is 6.92 Å². The van der Waals surface area contributed by atoms with Crippen molar-refractivity contribution in [2.24, 2.45) is 0 Å². The summed E-state index contributed by atoms with van der Waals surface area (Å²) in [7, 11) is -3.06. The molecule has 14 heavy (non-hydrogen) atoms. The van der Waals surface area contributed by atoms with Gasteiger partial charge in [-0.05, 0) is 30.2 Å². The van der Waals surface area contributed by atoms with Crippen LogP contribution < -0.4 is 0 Å². The Balaban J connectivity index is 3.07. The molecule has 4 heteroatoms. The van der Waals surface area contributed by atoms with E-state index in [0.717, 1.165) is 15.6 Å². The largest absolute Gasteiger partial charge is 0.225 e. The summed E-state index contributed by atoms with van der Waals surface area (Å²) in [5, 5.41) is 1.27. The first-order valence-electron chi connectivity index (χ1n) is 4.03. The van der Waals surface area contributed by atoms with E-state index in [1.807, 2.05) is 24.3 Å². The number of hydrogen-bond acceptors (Lipinski definition) is 2. The molecule has 0 radical (unpaired) electrons. The molecule has 0 aliphatic rings. The highest BCUT2D eigenvalue weighted by Crippen LogP contribution is 2.17. The van der Waals surface area contributed by atoms with Crippen molar-refractivity contribution in [3.05, 3.63) is 39.7 Å². The minimum Gasteiger partial charge on any atom is -0.225 e. The van der Waals surface area contributed by atoms with Crippen molar-refractivity contribution in [1.29, 1.82) is 0 Å². The van der Waals surface area contributed by atoms with Crippen molar-refractivity contribution in [2.45, 2.75) is 6.92 Å². The van der Waals surface area contributed by atoms with Gasteiger partial charge in [-0.25, -0.2) is 8.42 Å². The van der Waals surface area contributed by atoms with Gasteiger partial charge in [-0.15, -0.1) is 0 Å². The Morgan fingerprint density at radius 3 is 2.21 bits per heavy atom. The number of rotatable bonds is 2. The molecular formula is C10H11BrO2S. The fourth-order valence-corrected chi connectivity index (χ4v) is 2.14. The monoisotopic (exact) mass is 274 g/mol. The van der Waals surface area contributed by atoms with Gasteiger partial charge in [-0.1, -0.05) is 28.1 Å². The number of halogens is 1. The van der Waals surface area contributed by atoms with Gasteiger partial charge in [-0.3, -0.25) is 0 Å². The quantitative estimate of drug-likeness (QED) is 0.831. The maximum atomic E-state index is 11.0. The lowest BCUT2D eigenvalue weighted by molar-refractivity contribution is 0.610. The molecular weight excluding hydrogens is 264 g/mol. The van der Waals surface area contributed by atoms with Crippen molar-refractivity contribution in [2.75, 3.05) is 6.26 Å². The van der Waals surface area contributed by atoms with Gasteiger partial charge in [0.05, 0.1) is 0 Å². The van der Waals surface area contributed by atoms with Gasteiger partial charge in [0.25, 0.3) is 0 Å². The lowest BCUT2D eigenvalue weighted by Gasteiger charge is -2.00. The van der Waals surface area contributed by atoms with Gasteiger partial charge in [0, 0.05) is 16.1 Å². The van der Waals surface area contributed by atoms with Crippen LogP contribution in [-0.2, 0) is 9.84 Å². The van der Waals surface area contributed by atoms with Crippen LogP contribution in [0.4, 0.5) is 0 Å². The maximum absolute atomic E-state index is 11.0. The van der Waals surface area contributed by atoms with Crippen molar-refractivity contribution in [3.63, 3.8) is 0 Å². The third-order valence-corrected chi connectivity index (χ3v) is 3.00. The second kappa shape index (κ2) is 4.28. The van der Waals surface area contributed by atoms with E-state index >= 15 is 0 Å². The summed E-state index contributed by atoms with van der Waals surface area (Å²) in [5.74, 6) is 0. The molecule has 0 atom stereocenters. The molecule has 0 heterocycles. The van der Waals surface area contributed by atoms with Gasteiger partial charge in [0.2, 0.25) is 0 Å². The first-order chi connectivity index (χ1) is 6.38. The summed E-state index contributed by atoms with van der Waals surface area (Å²) in [4.78, 5) is 0. The van der Waals surface area contributed by atoms with Crippen molar-refractivity contribution < 1.29 is 8.42 Å². The summed E-state index contributed by atoms with van der Waals surface area (Å²) in [5.41, 5.74) is 1.67. The molecule has 0 saturated carbocycles. The highest BCUT2D eigenvalue weighted by atomic mass is 79.9. The molecule has 0 unspecified atom stereocenters. The molecule has 0 aliphatic carbocycles. The molecule has 0 amide bonds. The van der Waals surface area contributed by atoms with Crippen LogP contribution in [0.15, 0.2) is 34.1 Å². The Morgan fingerprint density at radius 2 is 1.79 bits per heavy atom. The third-order valence-electron chi connectivity index (χ3n) is 1.69. The molecule has 1 rings (SSSR count). The molecule has 0 aromatic heterocycles. The van der Waals surface area contributed by atoms with E-state index in [-0.39, 0.29) is 0 Å². The van der Waals surface area contributed by atoms with Gasteiger partial charge >= 0.3 is 0 Å². The van der Waals surface area contributed by atoms with Crippen molar-refractivity contribution in [1.82, 2.24) is 0 Å². The van der Waals surface area contributed by atoms with E-state index in [0.29, 0.717) is 0 Å². The van der Waals surface area contributed by atoms with Crippen LogP contribution in [0.5, 0.6) is 0 Å². The lowest BCUT2D eigenvalue weighted by Crippen LogP contribution is -1.91. The summed E-state index contributed by atoms with van der Waals surface area (Å²) < 4.78 is 23.0. The van der Waals surface area contributed by atoms with E-state index < -0.39 is 9.84 Å². The molecule has 0 spiro atoms. The molecule has 0 bridgehead atoms. The highest BCUT2D eigenvalue weighted by Gasteiger charge is 2.00. The van der Waals surface area contributed by atoms with E-state index in [1.165, 1.54) is 11.7 Å². The molecule has 76 valence electrons. The van der Waals surface area contributed by atoms with Crippen LogP contribution in [0, 0.1) is 0 Å². The Kier molecular flexibility index (Phi) is 3.50. The van der Waals surface area contributed by atoms with Crippen LogP contribution >= 0.6 is 15.9 Å². The highest BCUT2D eigenvalue weighted by molar-refractivity contribution is 9.10. The first-order valence-corrected chi connectivity index (χ1v) is 6.77. The number of allylic oxidation sites excluding steroid dienone is 1. The molecule has 0 fully saturated rings. The number of hydrogen-bond donors (Lipinski definition) is 0. The molecule has 0 aliphatic heterocycles. The predicted molar refractivity (Wildman–Crippen MR) is 62.6 cm³/mol. The van der Waals surface area contributed by atoms with Crippen molar-refractivity contribution >= 4 is 31.3 Å². The Hall–Kier alpha value is -0.610. The Bertz CT molecular complexity index is 444. The maximum Gasteiger partial charge on any atom is 0.169 e. The summed E-state index contributed by atoms with van der Waals surface area (Å²) in [6, 6.07) is 7.52. The van der Waals surface area contributed by atoms with E-state index in [9.17, 15) is 8.42 Å². The third kappa shape index (κ3) is 3.64. The number of sulfone groups is 1. The molecule has 0 saturated heterocycles.